The zero-order valence-electron chi connectivity index (χ0n) is 20.6. The lowest BCUT2D eigenvalue weighted by Gasteiger charge is -2.37. The number of unbranched alkanes of at least 4 members (excludes halogenated alkanes) is 1. The molecule has 3 rings (SSSR count). The molecule has 0 saturated carbocycles. The third-order valence-electron chi connectivity index (χ3n) is 5.74. The van der Waals surface area contributed by atoms with Gasteiger partial charge < -0.3 is 4.74 Å². The number of ether oxygens (including phenoxy) is 1. The van der Waals surface area contributed by atoms with Gasteiger partial charge in [-0.25, -0.2) is 4.68 Å². The van der Waals surface area contributed by atoms with E-state index in [1.165, 1.54) is 24.5 Å². The summed E-state index contributed by atoms with van der Waals surface area (Å²) in [5.74, 6) is -1.34. The van der Waals surface area contributed by atoms with Gasteiger partial charge in [-0.1, -0.05) is 51.5 Å². The number of rotatable bonds is 7. The van der Waals surface area contributed by atoms with Crippen molar-refractivity contribution in [1.29, 1.82) is 0 Å². The second-order valence-corrected chi connectivity index (χ2v) is 10.7. The number of aromatic nitrogens is 2. The number of carbonyl (C=O) groups excluding carboxylic acids is 2. The average molecular weight is 513 g/mol. The molecule has 35 heavy (non-hydrogen) atoms. The van der Waals surface area contributed by atoms with Crippen LogP contribution in [0.15, 0.2) is 23.2 Å². The molecular weight excluding hydrogens is 481 g/mol. The second kappa shape index (κ2) is 10.6. The van der Waals surface area contributed by atoms with E-state index < -0.39 is 17.6 Å². The van der Waals surface area contributed by atoms with Gasteiger partial charge in [0.05, 0.1) is 18.6 Å². The van der Waals surface area contributed by atoms with Crippen LogP contribution in [0.1, 0.15) is 67.0 Å². The van der Waals surface area contributed by atoms with Crippen molar-refractivity contribution in [1.82, 2.24) is 14.7 Å². The lowest BCUT2D eigenvalue weighted by Crippen LogP contribution is -2.50. The van der Waals surface area contributed by atoms with Crippen LogP contribution in [0.3, 0.4) is 0 Å². The Labute approximate surface area is 206 Å². The first-order valence-electron chi connectivity index (χ1n) is 11.5. The van der Waals surface area contributed by atoms with Crippen LogP contribution in [0, 0.1) is 5.92 Å². The number of methoxy groups -OCH3 is 1. The van der Waals surface area contributed by atoms with E-state index in [-0.39, 0.29) is 29.4 Å². The number of hydrogen-bond donors (Lipinski definition) is 0. The second-order valence-electron chi connectivity index (χ2n) is 9.72. The SMILES string of the molecule is CCCCn1nc(C(C)(C)C)s/c1=N\C(=O)c1cc(C(F)(F)F)ccc1CN1CC(C(=O)OC)C1. The van der Waals surface area contributed by atoms with Gasteiger partial charge in [-0.15, -0.1) is 0 Å². The topological polar surface area (TPSA) is 76.8 Å². The van der Waals surface area contributed by atoms with Crippen molar-refractivity contribution in [2.24, 2.45) is 10.9 Å². The Kier molecular flexibility index (Phi) is 8.21. The number of hydrogen-bond acceptors (Lipinski definition) is 6. The molecule has 0 atom stereocenters. The van der Waals surface area contributed by atoms with E-state index >= 15 is 0 Å². The molecule has 0 unspecified atom stereocenters. The van der Waals surface area contributed by atoms with Crippen LogP contribution in [-0.4, -0.2) is 46.8 Å². The van der Waals surface area contributed by atoms with Gasteiger partial charge in [0.1, 0.15) is 5.01 Å². The standard InChI is InChI=1S/C24H31F3N4O3S/c1-6-7-10-31-22(35-21(29-31)23(2,3)4)28-19(32)18-11-17(24(25,26)27)9-8-15(18)12-30-13-16(14-30)20(33)34-5/h8-9,11,16H,6-7,10,12-14H2,1-5H3/b28-22-. The van der Waals surface area contributed by atoms with Gasteiger partial charge in [0.15, 0.2) is 0 Å². The van der Waals surface area contributed by atoms with Crippen molar-refractivity contribution in [3.63, 3.8) is 0 Å². The van der Waals surface area contributed by atoms with Gasteiger partial charge in [0.25, 0.3) is 5.91 Å². The van der Waals surface area contributed by atoms with Gasteiger partial charge >= 0.3 is 12.1 Å². The lowest BCUT2D eigenvalue weighted by molar-refractivity contribution is -0.151. The highest BCUT2D eigenvalue weighted by Crippen LogP contribution is 2.32. The Morgan fingerprint density at radius 3 is 2.49 bits per heavy atom. The fourth-order valence-electron chi connectivity index (χ4n) is 3.64. The number of alkyl halides is 3. The number of aryl methyl sites for hydroxylation is 1. The molecule has 7 nitrogen and oxygen atoms in total. The molecule has 1 amide bonds. The Morgan fingerprint density at radius 1 is 1.23 bits per heavy atom. The number of likely N-dealkylation sites (tertiary alicyclic amines) is 1. The summed E-state index contributed by atoms with van der Waals surface area (Å²) in [7, 11) is 1.32. The van der Waals surface area contributed by atoms with Crippen LogP contribution in [0.5, 0.6) is 0 Å². The van der Waals surface area contributed by atoms with Crippen LogP contribution < -0.4 is 4.80 Å². The summed E-state index contributed by atoms with van der Waals surface area (Å²) >= 11 is 1.27. The highest BCUT2D eigenvalue weighted by Gasteiger charge is 2.35. The summed E-state index contributed by atoms with van der Waals surface area (Å²) in [6.45, 7) is 9.67. The molecule has 2 aromatic rings. The Hall–Kier alpha value is -2.53. The van der Waals surface area contributed by atoms with Crippen LogP contribution in [-0.2, 0) is 34.2 Å². The zero-order chi connectivity index (χ0) is 26.0. The van der Waals surface area contributed by atoms with Crippen LogP contribution in [0.2, 0.25) is 0 Å². The van der Waals surface area contributed by atoms with Crippen molar-refractivity contribution in [2.45, 2.75) is 65.2 Å². The molecule has 11 heteroatoms. The van der Waals surface area contributed by atoms with Crippen molar-refractivity contribution in [3.8, 4) is 0 Å². The smallest absolute Gasteiger partial charge is 0.416 e. The Morgan fingerprint density at radius 2 is 1.91 bits per heavy atom. The monoisotopic (exact) mass is 512 g/mol. The van der Waals surface area contributed by atoms with E-state index in [1.807, 2.05) is 32.6 Å². The molecule has 0 N–H and O–H groups in total. The minimum atomic E-state index is -4.59. The number of nitrogens with zero attached hydrogens (tertiary/aromatic N) is 4. The highest BCUT2D eigenvalue weighted by molar-refractivity contribution is 7.09. The Bertz CT molecular complexity index is 1140. The highest BCUT2D eigenvalue weighted by atomic mass is 32.1. The van der Waals surface area contributed by atoms with Gasteiger partial charge in [0.2, 0.25) is 4.80 Å². The number of benzene rings is 1. The summed E-state index contributed by atoms with van der Waals surface area (Å²) in [5, 5.41) is 5.40. The predicted molar refractivity (Wildman–Crippen MR) is 126 cm³/mol. The molecule has 0 aliphatic carbocycles. The molecule has 1 aliphatic rings. The minimum Gasteiger partial charge on any atom is -0.469 e. The number of esters is 1. The summed E-state index contributed by atoms with van der Waals surface area (Å²) in [6, 6.07) is 3.14. The predicted octanol–water partition coefficient (Wildman–Crippen LogP) is 4.41. The molecule has 0 bridgehead atoms. The van der Waals surface area contributed by atoms with E-state index in [2.05, 4.69) is 10.1 Å². The average Bonchev–Trinajstić information content (AvgIpc) is 3.16. The molecule has 1 aromatic carbocycles. The third-order valence-corrected chi connectivity index (χ3v) is 7.11. The molecule has 2 heterocycles. The van der Waals surface area contributed by atoms with Crippen molar-refractivity contribution >= 4 is 23.2 Å². The molecule has 0 radical (unpaired) electrons. The molecular formula is C24H31F3N4O3S. The first-order valence-corrected chi connectivity index (χ1v) is 12.3. The van der Waals surface area contributed by atoms with E-state index in [4.69, 9.17) is 4.74 Å². The van der Waals surface area contributed by atoms with E-state index in [9.17, 15) is 22.8 Å². The van der Waals surface area contributed by atoms with Gasteiger partial charge in [-0.05, 0) is 24.1 Å². The van der Waals surface area contributed by atoms with Crippen molar-refractivity contribution < 1.29 is 27.5 Å². The number of carbonyl (C=O) groups is 2. The summed E-state index contributed by atoms with van der Waals surface area (Å²) in [5.41, 5.74) is -0.843. The quantitative estimate of drug-likeness (QED) is 0.514. The third kappa shape index (κ3) is 6.58. The van der Waals surface area contributed by atoms with Crippen LogP contribution >= 0.6 is 11.3 Å². The van der Waals surface area contributed by atoms with E-state index in [1.54, 1.807) is 4.68 Å². The van der Waals surface area contributed by atoms with Crippen molar-refractivity contribution in [3.05, 3.63) is 44.7 Å². The zero-order valence-corrected chi connectivity index (χ0v) is 21.4. The summed E-state index contributed by atoms with van der Waals surface area (Å²) < 4.78 is 46.7. The fourth-order valence-corrected chi connectivity index (χ4v) is 4.63. The maximum atomic E-state index is 13.4. The van der Waals surface area contributed by atoms with Crippen LogP contribution in [0.4, 0.5) is 13.2 Å². The maximum absolute atomic E-state index is 13.4. The summed E-state index contributed by atoms with van der Waals surface area (Å²) in [4.78, 5) is 31.4. The number of amides is 1. The first kappa shape index (κ1) is 27.1. The lowest BCUT2D eigenvalue weighted by atomic mass is 9.97. The molecule has 1 saturated heterocycles. The normalized spacial score (nSPS) is 15.8. The van der Waals surface area contributed by atoms with Gasteiger partial charge in [-0.3, -0.25) is 14.5 Å². The summed E-state index contributed by atoms with van der Waals surface area (Å²) in [6.07, 6.45) is -2.84. The molecule has 1 fully saturated rings. The van der Waals surface area contributed by atoms with Gasteiger partial charge in [0, 0.05) is 37.2 Å². The largest absolute Gasteiger partial charge is 0.469 e. The molecule has 1 aliphatic heterocycles. The van der Waals surface area contributed by atoms with Crippen molar-refractivity contribution in [2.75, 3.05) is 20.2 Å². The van der Waals surface area contributed by atoms with Crippen LogP contribution in [0.25, 0.3) is 0 Å². The Balaban J connectivity index is 1.98. The van der Waals surface area contributed by atoms with E-state index in [0.29, 0.717) is 30.0 Å². The minimum absolute atomic E-state index is 0.103. The maximum Gasteiger partial charge on any atom is 0.416 e. The molecule has 0 spiro atoms. The van der Waals surface area contributed by atoms with Gasteiger partial charge in [-0.2, -0.15) is 23.3 Å². The molecule has 1 aromatic heterocycles. The van der Waals surface area contributed by atoms with E-state index in [0.717, 1.165) is 30.0 Å². The fraction of sp³-hybridized carbons (Fsp3) is 0.583. The molecule has 192 valence electrons. The number of halogens is 3. The first-order chi connectivity index (χ1) is 16.3.